The number of hydrogen-bond donors (Lipinski definition) is 1. The number of nitrogens with one attached hydrogen (secondary N) is 1. The van der Waals surface area contributed by atoms with Gasteiger partial charge >= 0.3 is 0 Å². The predicted octanol–water partition coefficient (Wildman–Crippen LogP) is 0.723. The van der Waals surface area contributed by atoms with Crippen LogP contribution in [0.2, 0.25) is 0 Å². The van der Waals surface area contributed by atoms with Crippen LogP contribution in [0.3, 0.4) is 0 Å². The second kappa shape index (κ2) is 5.50. The SMILES string of the molecule is CCc1cc(C(=O)N2CCC3NC(=O)CCC3C2)n(C)n1. The first-order valence-electron chi connectivity index (χ1n) is 7.70. The number of piperidine rings is 2. The van der Waals surface area contributed by atoms with Gasteiger partial charge in [-0.3, -0.25) is 14.3 Å². The highest BCUT2D eigenvalue weighted by Gasteiger charge is 2.36. The Morgan fingerprint density at radius 3 is 3.00 bits per heavy atom. The van der Waals surface area contributed by atoms with E-state index in [0.29, 0.717) is 24.6 Å². The largest absolute Gasteiger partial charge is 0.353 e. The van der Waals surface area contributed by atoms with E-state index >= 15 is 0 Å². The minimum atomic E-state index is 0.0556. The van der Waals surface area contributed by atoms with E-state index in [-0.39, 0.29) is 17.9 Å². The lowest BCUT2D eigenvalue weighted by molar-refractivity contribution is -0.125. The van der Waals surface area contributed by atoms with Crippen LogP contribution in [0.4, 0.5) is 0 Å². The van der Waals surface area contributed by atoms with Crippen molar-refractivity contribution in [2.45, 2.75) is 38.6 Å². The first-order valence-corrected chi connectivity index (χ1v) is 7.70. The maximum atomic E-state index is 12.7. The molecule has 2 aliphatic rings. The van der Waals surface area contributed by atoms with Crippen molar-refractivity contribution in [3.05, 3.63) is 17.5 Å². The van der Waals surface area contributed by atoms with E-state index in [1.54, 1.807) is 4.68 Å². The van der Waals surface area contributed by atoms with E-state index in [2.05, 4.69) is 10.4 Å². The van der Waals surface area contributed by atoms with Crippen LogP contribution in [-0.4, -0.2) is 45.6 Å². The van der Waals surface area contributed by atoms with Crippen LogP contribution in [0.25, 0.3) is 0 Å². The summed E-state index contributed by atoms with van der Waals surface area (Å²) in [7, 11) is 1.82. The van der Waals surface area contributed by atoms with E-state index in [9.17, 15) is 9.59 Å². The normalized spacial score (nSPS) is 25.4. The molecule has 21 heavy (non-hydrogen) atoms. The maximum Gasteiger partial charge on any atom is 0.272 e. The van der Waals surface area contributed by atoms with E-state index in [1.165, 1.54) is 0 Å². The highest BCUT2D eigenvalue weighted by molar-refractivity contribution is 5.92. The van der Waals surface area contributed by atoms with Crippen LogP contribution < -0.4 is 5.32 Å². The molecule has 0 bridgehead atoms. The summed E-state index contributed by atoms with van der Waals surface area (Å²) in [4.78, 5) is 26.0. The third-order valence-corrected chi connectivity index (χ3v) is 4.62. The van der Waals surface area contributed by atoms with Crippen LogP contribution in [0.15, 0.2) is 6.07 Å². The molecule has 2 atom stereocenters. The van der Waals surface area contributed by atoms with E-state index in [0.717, 1.165) is 31.5 Å². The van der Waals surface area contributed by atoms with Crippen LogP contribution in [0, 0.1) is 5.92 Å². The van der Waals surface area contributed by atoms with Crippen LogP contribution >= 0.6 is 0 Å². The molecule has 0 saturated carbocycles. The van der Waals surface area contributed by atoms with Gasteiger partial charge in [0.25, 0.3) is 5.91 Å². The molecule has 0 aromatic carbocycles. The standard InChI is InChI=1S/C15H22N4O2/c1-3-11-8-13(18(2)17-11)15(21)19-7-6-12-10(9-19)4-5-14(20)16-12/h8,10,12H,3-7,9H2,1-2H3,(H,16,20). The molecule has 3 rings (SSSR count). The number of carbonyl (C=O) groups excluding carboxylic acids is 2. The topological polar surface area (TPSA) is 67.2 Å². The maximum absolute atomic E-state index is 12.7. The number of aryl methyl sites for hydroxylation is 2. The minimum absolute atomic E-state index is 0.0556. The van der Waals surface area contributed by atoms with Gasteiger partial charge in [-0.25, -0.2) is 0 Å². The molecule has 114 valence electrons. The number of likely N-dealkylation sites (tertiary alicyclic amines) is 1. The van der Waals surface area contributed by atoms with Crippen molar-refractivity contribution in [2.75, 3.05) is 13.1 Å². The lowest BCUT2D eigenvalue weighted by Gasteiger charge is -2.41. The molecule has 1 N–H and O–H groups in total. The Morgan fingerprint density at radius 2 is 2.29 bits per heavy atom. The molecule has 2 saturated heterocycles. The number of rotatable bonds is 2. The molecular weight excluding hydrogens is 268 g/mol. The van der Waals surface area contributed by atoms with Gasteiger partial charge < -0.3 is 10.2 Å². The third kappa shape index (κ3) is 2.66. The zero-order valence-corrected chi connectivity index (χ0v) is 12.6. The van der Waals surface area contributed by atoms with Crippen molar-refractivity contribution in [2.24, 2.45) is 13.0 Å². The molecular formula is C15H22N4O2. The van der Waals surface area contributed by atoms with Gasteiger partial charge in [-0.1, -0.05) is 6.92 Å². The molecule has 2 aliphatic heterocycles. The number of nitrogens with zero attached hydrogens (tertiary/aromatic N) is 3. The summed E-state index contributed by atoms with van der Waals surface area (Å²) >= 11 is 0. The summed E-state index contributed by atoms with van der Waals surface area (Å²) < 4.78 is 1.68. The van der Waals surface area contributed by atoms with Crippen molar-refractivity contribution < 1.29 is 9.59 Å². The average Bonchev–Trinajstić information content (AvgIpc) is 2.87. The van der Waals surface area contributed by atoms with Crippen LogP contribution in [0.5, 0.6) is 0 Å². The Labute approximate surface area is 124 Å². The molecule has 2 fully saturated rings. The molecule has 0 radical (unpaired) electrons. The van der Waals surface area contributed by atoms with Crippen molar-refractivity contribution in [3.63, 3.8) is 0 Å². The molecule has 6 heteroatoms. The highest BCUT2D eigenvalue weighted by atomic mass is 16.2. The zero-order chi connectivity index (χ0) is 15.0. The predicted molar refractivity (Wildman–Crippen MR) is 77.8 cm³/mol. The summed E-state index contributed by atoms with van der Waals surface area (Å²) in [6.07, 6.45) is 3.14. The summed E-state index contributed by atoms with van der Waals surface area (Å²) in [6, 6.07) is 2.13. The van der Waals surface area contributed by atoms with Gasteiger partial charge in [-0.2, -0.15) is 5.10 Å². The fourth-order valence-corrected chi connectivity index (χ4v) is 3.36. The lowest BCUT2D eigenvalue weighted by atomic mass is 9.85. The first-order chi connectivity index (χ1) is 10.1. The number of aromatic nitrogens is 2. The minimum Gasteiger partial charge on any atom is -0.353 e. The van der Waals surface area contributed by atoms with Crippen molar-refractivity contribution in [1.82, 2.24) is 20.0 Å². The highest BCUT2D eigenvalue weighted by Crippen LogP contribution is 2.26. The molecule has 1 aromatic rings. The van der Waals surface area contributed by atoms with Crippen LogP contribution in [0.1, 0.15) is 42.4 Å². The van der Waals surface area contributed by atoms with Crippen molar-refractivity contribution in [3.8, 4) is 0 Å². The number of hydrogen-bond acceptors (Lipinski definition) is 3. The summed E-state index contributed by atoms with van der Waals surface area (Å²) in [5.74, 6) is 0.592. The number of carbonyl (C=O) groups is 2. The number of fused-ring (bicyclic) bond motifs is 1. The molecule has 2 amide bonds. The van der Waals surface area contributed by atoms with Gasteiger partial charge in [0.05, 0.1) is 5.69 Å². The first kappa shape index (κ1) is 14.1. The molecule has 3 heterocycles. The fourth-order valence-electron chi connectivity index (χ4n) is 3.36. The van der Waals surface area contributed by atoms with Gasteiger partial charge in [-0.15, -0.1) is 0 Å². The molecule has 0 spiro atoms. The Bertz CT molecular complexity index is 566. The van der Waals surface area contributed by atoms with Gasteiger partial charge in [-0.05, 0) is 31.2 Å². The monoisotopic (exact) mass is 290 g/mol. The van der Waals surface area contributed by atoms with E-state index < -0.39 is 0 Å². The third-order valence-electron chi connectivity index (χ3n) is 4.62. The smallest absolute Gasteiger partial charge is 0.272 e. The molecule has 6 nitrogen and oxygen atoms in total. The number of amides is 2. The summed E-state index contributed by atoms with van der Waals surface area (Å²) in [6.45, 7) is 3.47. The Hall–Kier alpha value is -1.85. The van der Waals surface area contributed by atoms with Crippen LogP contribution in [-0.2, 0) is 18.3 Å². The lowest BCUT2D eigenvalue weighted by Crippen LogP contribution is -2.55. The van der Waals surface area contributed by atoms with E-state index in [4.69, 9.17) is 0 Å². The Kier molecular flexibility index (Phi) is 3.69. The molecule has 0 aliphatic carbocycles. The molecule has 2 unspecified atom stereocenters. The van der Waals surface area contributed by atoms with Crippen molar-refractivity contribution in [1.29, 1.82) is 0 Å². The summed E-state index contributed by atoms with van der Waals surface area (Å²) in [5.41, 5.74) is 1.60. The Balaban J connectivity index is 1.71. The molecule has 1 aromatic heterocycles. The fraction of sp³-hybridized carbons (Fsp3) is 0.667. The zero-order valence-electron chi connectivity index (χ0n) is 12.6. The van der Waals surface area contributed by atoms with Gasteiger partial charge in [0.1, 0.15) is 5.69 Å². The van der Waals surface area contributed by atoms with Crippen molar-refractivity contribution >= 4 is 11.8 Å². The van der Waals surface area contributed by atoms with Gasteiger partial charge in [0.15, 0.2) is 0 Å². The van der Waals surface area contributed by atoms with E-state index in [1.807, 2.05) is 24.9 Å². The van der Waals surface area contributed by atoms with Gasteiger partial charge in [0, 0.05) is 32.6 Å². The average molecular weight is 290 g/mol. The Morgan fingerprint density at radius 1 is 1.48 bits per heavy atom. The second-order valence-corrected chi connectivity index (χ2v) is 6.01. The van der Waals surface area contributed by atoms with Gasteiger partial charge in [0.2, 0.25) is 5.91 Å². The second-order valence-electron chi connectivity index (χ2n) is 6.01. The quantitative estimate of drug-likeness (QED) is 0.873. The summed E-state index contributed by atoms with van der Waals surface area (Å²) in [5, 5.41) is 7.40.